The molecule has 126 valence electrons. The van der Waals surface area contributed by atoms with E-state index >= 15 is 0 Å². The zero-order chi connectivity index (χ0) is 17.0. The molecule has 0 bridgehead atoms. The first-order chi connectivity index (χ1) is 10.9. The fourth-order valence-corrected chi connectivity index (χ4v) is 2.93. The summed E-state index contributed by atoms with van der Waals surface area (Å²) >= 11 is 0. The van der Waals surface area contributed by atoms with E-state index in [4.69, 9.17) is 4.74 Å². The molecule has 2 rings (SSSR count). The first kappa shape index (κ1) is 17.4. The molecule has 1 saturated heterocycles. The Kier molecular flexibility index (Phi) is 5.71. The van der Waals surface area contributed by atoms with E-state index in [1.54, 1.807) is 19.0 Å². The normalized spacial score (nSPS) is 15.6. The number of carbonyl (C=O) groups is 2. The van der Waals surface area contributed by atoms with Crippen molar-refractivity contribution in [2.24, 2.45) is 0 Å². The van der Waals surface area contributed by atoms with Gasteiger partial charge in [-0.15, -0.1) is 0 Å². The van der Waals surface area contributed by atoms with Crippen molar-refractivity contribution in [1.29, 1.82) is 0 Å². The fraction of sp³-hybridized carbons (Fsp3) is 0.588. The molecule has 1 aliphatic heterocycles. The molecule has 0 atom stereocenters. The quantitative estimate of drug-likeness (QED) is 0.842. The van der Waals surface area contributed by atoms with Gasteiger partial charge in [0.05, 0.1) is 11.3 Å². The summed E-state index contributed by atoms with van der Waals surface area (Å²) in [5.74, 6) is 0.207. The average Bonchev–Trinajstić information content (AvgIpc) is 2.54. The number of hydrogen-bond donors (Lipinski definition) is 0. The molecule has 23 heavy (non-hydrogen) atoms. The highest BCUT2D eigenvalue weighted by atomic mass is 16.5. The predicted molar refractivity (Wildman–Crippen MR) is 87.4 cm³/mol. The van der Waals surface area contributed by atoms with Crippen molar-refractivity contribution < 1.29 is 14.3 Å². The van der Waals surface area contributed by atoms with E-state index in [0.717, 1.165) is 24.2 Å². The standard InChI is InChI=1S/C17H25N3O3/c1-12-5-6-14(17(22)19(2)3)16(18-12)13-7-9-20(10-8-13)15(21)11-23-4/h5-6,13H,7-11H2,1-4H3. The highest BCUT2D eigenvalue weighted by Gasteiger charge is 2.28. The number of methoxy groups -OCH3 is 1. The van der Waals surface area contributed by atoms with E-state index in [1.165, 1.54) is 7.11 Å². The third kappa shape index (κ3) is 4.07. The molecule has 0 radical (unpaired) electrons. The number of aryl methyl sites for hydroxylation is 1. The Bertz CT molecular complexity index is 578. The maximum absolute atomic E-state index is 12.4. The van der Waals surface area contributed by atoms with Crippen molar-refractivity contribution in [3.05, 3.63) is 29.1 Å². The second-order valence-electron chi connectivity index (χ2n) is 6.17. The number of rotatable bonds is 4. The van der Waals surface area contributed by atoms with Crippen LogP contribution < -0.4 is 0 Å². The second-order valence-corrected chi connectivity index (χ2v) is 6.17. The van der Waals surface area contributed by atoms with Crippen LogP contribution in [0.4, 0.5) is 0 Å². The largest absolute Gasteiger partial charge is 0.375 e. The van der Waals surface area contributed by atoms with Crippen LogP contribution in [0.15, 0.2) is 12.1 Å². The zero-order valence-electron chi connectivity index (χ0n) is 14.3. The first-order valence-corrected chi connectivity index (χ1v) is 7.90. The van der Waals surface area contributed by atoms with Crippen LogP contribution in [0.25, 0.3) is 0 Å². The molecule has 1 aliphatic rings. The van der Waals surface area contributed by atoms with E-state index in [2.05, 4.69) is 4.98 Å². The smallest absolute Gasteiger partial charge is 0.255 e. The van der Waals surface area contributed by atoms with Crippen LogP contribution in [-0.2, 0) is 9.53 Å². The molecule has 6 heteroatoms. The average molecular weight is 319 g/mol. The summed E-state index contributed by atoms with van der Waals surface area (Å²) in [5, 5.41) is 0. The van der Waals surface area contributed by atoms with Crippen LogP contribution in [-0.4, -0.2) is 67.5 Å². The van der Waals surface area contributed by atoms with Gasteiger partial charge in [0.2, 0.25) is 5.91 Å². The van der Waals surface area contributed by atoms with E-state index in [0.29, 0.717) is 18.7 Å². The van der Waals surface area contributed by atoms with Crippen LogP contribution in [0.1, 0.15) is 40.5 Å². The molecule has 0 aliphatic carbocycles. The van der Waals surface area contributed by atoms with Gasteiger partial charge in [-0.05, 0) is 31.9 Å². The summed E-state index contributed by atoms with van der Waals surface area (Å²) in [5.41, 5.74) is 2.44. The zero-order valence-corrected chi connectivity index (χ0v) is 14.3. The second kappa shape index (κ2) is 7.55. The summed E-state index contributed by atoms with van der Waals surface area (Å²) in [7, 11) is 5.02. The maximum atomic E-state index is 12.4. The predicted octanol–water partition coefficient (Wildman–Crippen LogP) is 1.44. The highest BCUT2D eigenvalue weighted by Crippen LogP contribution is 2.29. The molecule has 0 saturated carbocycles. The lowest BCUT2D eigenvalue weighted by molar-refractivity contribution is -0.136. The number of likely N-dealkylation sites (tertiary alicyclic amines) is 1. The lowest BCUT2D eigenvalue weighted by Gasteiger charge is -2.32. The SMILES string of the molecule is COCC(=O)N1CCC(c2nc(C)ccc2C(=O)N(C)C)CC1. The molecule has 6 nitrogen and oxygen atoms in total. The van der Waals surface area contributed by atoms with Gasteiger partial charge in [-0.3, -0.25) is 14.6 Å². The molecule has 2 amide bonds. The first-order valence-electron chi connectivity index (χ1n) is 7.90. The monoisotopic (exact) mass is 319 g/mol. The van der Waals surface area contributed by atoms with E-state index in [-0.39, 0.29) is 24.3 Å². The van der Waals surface area contributed by atoms with Crippen molar-refractivity contribution in [3.63, 3.8) is 0 Å². The van der Waals surface area contributed by atoms with E-state index in [1.807, 2.05) is 24.0 Å². The van der Waals surface area contributed by atoms with Gasteiger partial charge in [-0.2, -0.15) is 0 Å². The number of amides is 2. The van der Waals surface area contributed by atoms with Gasteiger partial charge in [-0.1, -0.05) is 0 Å². The fourth-order valence-electron chi connectivity index (χ4n) is 2.93. The van der Waals surface area contributed by atoms with Crippen LogP contribution >= 0.6 is 0 Å². The van der Waals surface area contributed by atoms with Crippen molar-refractivity contribution in [2.45, 2.75) is 25.7 Å². The van der Waals surface area contributed by atoms with Gasteiger partial charge in [0, 0.05) is 45.9 Å². The van der Waals surface area contributed by atoms with Gasteiger partial charge in [0.1, 0.15) is 6.61 Å². The summed E-state index contributed by atoms with van der Waals surface area (Å²) < 4.78 is 4.91. The molecule has 0 aromatic carbocycles. The van der Waals surface area contributed by atoms with Gasteiger partial charge < -0.3 is 14.5 Å². The summed E-state index contributed by atoms with van der Waals surface area (Å²) in [6, 6.07) is 3.74. The number of piperidine rings is 1. The van der Waals surface area contributed by atoms with E-state index in [9.17, 15) is 9.59 Å². The molecule has 2 heterocycles. The van der Waals surface area contributed by atoms with Gasteiger partial charge in [0.15, 0.2) is 0 Å². The Morgan fingerprint density at radius 2 is 1.96 bits per heavy atom. The third-order valence-corrected chi connectivity index (χ3v) is 4.20. The molecule has 0 N–H and O–H groups in total. The van der Waals surface area contributed by atoms with Gasteiger partial charge >= 0.3 is 0 Å². The Morgan fingerprint density at radius 3 is 2.52 bits per heavy atom. The number of pyridine rings is 1. The lowest BCUT2D eigenvalue weighted by Crippen LogP contribution is -2.40. The molecule has 1 fully saturated rings. The highest BCUT2D eigenvalue weighted by molar-refractivity contribution is 5.95. The molecule has 1 aromatic heterocycles. The number of aromatic nitrogens is 1. The molecule has 0 unspecified atom stereocenters. The van der Waals surface area contributed by atoms with Crippen molar-refractivity contribution in [3.8, 4) is 0 Å². The van der Waals surface area contributed by atoms with Crippen molar-refractivity contribution >= 4 is 11.8 Å². The minimum absolute atomic E-state index is 0.0211. The Hall–Kier alpha value is -1.95. The van der Waals surface area contributed by atoms with Crippen LogP contribution in [0, 0.1) is 6.92 Å². The van der Waals surface area contributed by atoms with Crippen molar-refractivity contribution in [1.82, 2.24) is 14.8 Å². The summed E-state index contributed by atoms with van der Waals surface area (Å²) in [6.45, 7) is 3.42. The van der Waals surface area contributed by atoms with Crippen LogP contribution in [0.5, 0.6) is 0 Å². The van der Waals surface area contributed by atoms with E-state index < -0.39 is 0 Å². The molecule has 0 spiro atoms. The summed E-state index contributed by atoms with van der Waals surface area (Å²) in [4.78, 5) is 32.3. The van der Waals surface area contributed by atoms with Gasteiger partial charge in [0.25, 0.3) is 5.91 Å². The minimum atomic E-state index is -0.0228. The minimum Gasteiger partial charge on any atom is -0.375 e. The topological polar surface area (TPSA) is 62.7 Å². The Labute approximate surface area is 137 Å². The summed E-state index contributed by atoms with van der Waals surface area (Å²) in [6.07, 6.45) is 1.64. The van der Waals surface area contributed by atoms with Crippen molar-refractivity contribution in [2.75, 3.05) is 40.9 Å². The molecular formula is C17H25N3O3. The number of nitrogens with zero attached hydrogens (tertiary/aromatic N) is 3. The molecular weight excluding hydrogens is 294 g/mol. The van der Waals surface area contributed by atoms with Crippen LogP contribution in [0.2, 0.25) is 0 Å². The Balaban J connectivity index is 2.15. The van der Waals surface area contributed by atoms with Crippen LogP contribution in [0.3, 0.4) is 0 Å². The number of carbonyl (C=O) groups excluding carboxylic acids is 2. The lowest BCUT2D eigenvalue weighted by atomic mass is 9.89. The molecule has 1 aromatic rings. The Morgan fingerprint density at radius 1 is 1.30 bits per heavy atom. The maximum Gasteiger partial charge on any atom is 0.255 e. The van der Waals surface area contributed by atoms with Gasteiger partial charge in [-0.25, -0.2) is 0 Å². The third-order valence-electron chi connectivity index (χ3n) is 4.20. The number of ether oxygens (including phenoxy) is 1. The number of hydrogen-bond acceptors (Lipinski definition) is 4.